The van der Waals surface area contributed by atoms with Crippen LogP contribution in [0.4, 0.5) is 5.69 Å². The molecule has 1 amide bonds. The Morgan fingerprint density at radius 2 is 1.86 bits per heavy atom. The number of nitrogens with one attached hydrogen (secondary N) is 1. The minimum absolute atomic E-state index is 0.194. The molecule has 0 unspecified atom stereocenters. The van der Waals surface area contributed by atoms with Crippen molar-refractivity contribution in [2.75, 3.05) is 32.8 Å². The Hall–Kier alpha value is -3.48. The Kier molecular flexibility index (Phi) is 7.90. The van der Waals surface area contributed by atoms with Gasteiger partial charge in [-0.25, -0.2) is 4.79 Å². The smallest absolute Gasteiger partial charge is 0.344 e. The molecule has 0 atom stereocenters. The summed E-state index contributed by atoms with van der Waals surface area (Å²) in [6.45, 7) is 1.83. The summed E-state index contributed by atoms with van der Waals surface area (Å²) in [5.41, 5.74) is 1.25. The van der Waals surface area contributed by atoms with Crippen molar-refractivity contribution in [1.29, 1.82) is 0 Å². The molecule has 0 saturated carbocycles. The first-order valence-electron chi connectivity index (χ1n) is 8.65. The van der Waals surface area contributed by atoms with Crippen LogP contribution in [0.5, 0.6) is 17.2 Å². The fourth-order valence-corrected chi connectivity index (χ4v) is 2.33. The lowest BCUT2D eigenvalue weighted by Crippen LogP contribution is -2.14. The molecule has 0 fully saturated rings. The lowest BCUT2D eigenvalue weighted by Gasteiger charge is -2.08. The van der Waals surface area contributed by atoms with E-state index in [1.54, 1.807) is 69.7 Å². The number of hydrogen-bond acceptors (Lipinski definition) is 6. The number of carbonyl (C=O) groups excluding carboxylic acids is 2. The van der Waals surface area contributed by atoms with Crippen molar-refractivity contribution in [3.8, 4) is 17.2 Å². The maximum absolute atomic E-state index is 12.2. The van der Waals surface area contributed by atoms with Crippen molar-refractivity contribution < 1.29 is 28.5 Å². The Morgan fingerprint density at radius 1 is 1.04 bits per heavy atom. The van der Waals surface area contributed by atoms with E-state index in [1.807, 2.05) is 0 Å². The van der Waals surface area contributed by atoms with E-state index in [9.17, 15) is 9.59 Å². The summed E-state index contributed by atoms with van der Waals surface area (Å²) in [5.74, 6) is 0.954. The molecule has 1 N–H and O–H groups in total. The highest BCUT2D eigenvalue weighted by Crippen LogP contribution is 2.25. The molecule has 0 saturated heterocycles. The highest BCUT2D eigenvalue weighted by Gasteiger charge is 2.06. The number of methoxy groups -OCH3 is 2. The first-order valence-corrected chi connectivity index (χ1v) is 8.65. The molecule has 0 aromatic heterocycles. The van der Waals surface area contributed by atoms with Crippen molar-refractivity contribution in [3.63, 3.8) is 0 Å². The summed E-state index contributed by atoms with van der Waals surface area (Å²) in [7, 11) is 3.13. The van der Waals surface area contributed by atoms with E-state index in [1.165, 1.54) is 6.08 Å². The molecule has 0 aliphatic carbocycles. The van der Waals surface area contributed by atoms with Gasteiger partial charge in [0.15, 0.2) is 6.61 Å². The van der Waals surface area contributed by atoms with Crippen LogP contribution in [0.2, 0.25) is 0 Å². The van der Waals surface area contributed by atoms with E-state index in [0.29, 0.717) is 35.1 Å². The second-order valence-electron chi connectivity index (χ2n) is 5.55. The average molecular weight is 385 g/mol. The first kappa shape index (κ1) is 20.8. The summed E-state index contributed by atoms with van der Waals surface area (Å²) in [5, 5.41) is 2.74. The monoisotopic (exact) mass is 385 g/mol. The number of amides is 1. The molecule has 0 aliphatic heterocycles. The Morgan fingerprint density at radius 3 is 2.57 bits per heavy atom. The molecule has 2 aromatic carbocycles. The molecule has 0 spiro atoms. The topological polar surface area (TPSA) is 83.1 Å². The number of rotatable bonds is 9. The molecular weight excluding hydrogens is 362 g/mol. The number of anilines is 1. The van der Waals surface area contributed by atoms with Gasteiger partial charge in [-0.1, -0.05) is 6.07 Å². The summed E-state index contributed by atoms with van der Waals surface area (Å²) in [6, 6.07) is 12.0. The Labute approximate surface area is 163 Å². The largest absolute Gasteiger partial charge is 0.497 e. The molecule has 0 heterocycles. The van der Waals surface area contributed by atoms with E-state index >= 15 is 0 Å². The molecule has 2 aromatic rings. The predicted octanol–water partition coefficient (Wildman–Crippen LogP) is 3.30. The second kappa shape index (κ2) is 10.6. The van der Waals surface area contributed by atoms with Crippen LogP contribution < -0.4 is 19.5 Å². The molecule has 28 heavy (non-hydrogen) atoms. The lowest BCUT2D eigenvalue weighted by molar-refractivity contribution is -0.145. The highest BCUT2D eigenvalue weighted by atomic mass is 16.6. The van der Waals surface area contributed by atoms with Gasteiger partial charge in [0, 0.05) is 23.4 Å². The zero-order valence-corrected chi connectivity index (χ0v) is 16.1. The van der Waals surface area contributed by atoms with Crippen molar-refractivity contribution in [2.24, 2.45) is 0 Å². The van der Waals surface area contributed by atoms with Crippen LogP contribution in [-0.4, -0.2) is 39.3 Å². The maximum Gasteiger partial charge on any atom is 0.344 e. The molecular formula is C21H23NO6. The van der Waals surface area contributed by atoms with Gasteiger partial charge in [-0.05, 0) is 43.3 Å². The normalized spacial score (nSPS) is 10.4. The third-order valence-corrected chi connectivity index (χ3v) is 3.61. The maximum atomic E-state index is 12.2. The van der Waals surface area contributed by atoms with Crippen molar-refractivity contribution >= 4 is 23.6 Å². The third-order valence-electron chi connectivity index (χ3n) is 3.61. The van der Waals surface area contributed by atoms with Crippen LogP contribution in [0.1, 0.15) is 12.5 Å². The van der Waals surface area contributed by atoms with Gasteiger partial charge in [0.1, 0.15) is 17.2 Å². The van der Waals surface area contributed by atoms with Crippen LogP contribution in [0.25, 0.3) is 6.08 Å². The van der Waals surface area contributed by atoms with Crippen molar-refractivity contribution in [3.05, 3.63) is 54.1 Å². The molecule has 148 valence electrons. The van der Waals surface area contributed by atoms with Crippen LogP contribution in [0.15, 0.2) is 48.5 Å². The molecule has 0 bridgehead atoms. The number of carbonyl (C=O) groups is 2. The van der Waals surface area contributed by atoms with Gasteiger partial charge in [-0.2, -0.15) is 0 Å². The van der Waals surface area contributed by atoms with Crippen LogP contribution >= 0.6 is 0 Å². The summed E-state index contributed by atoms with van der Waals surface area (Å²) in [6.07, 6.45) is 3.03. The highest BCUT2D eigenvalue weighted by molar-refractivity contribution is 6.02. The van der Waals surface area contributed by atoms with Gasteiger partial charge in [-0.3, -0.25) is 4.79 Å². The first-order chi connectivity index (χ1) is 13.5. The molecule has 2 rings (SSSR count). The van der Waals surface area contributed by atoms with Crippen molar-refractivity contribution in [2.45, 2.75) is 6.92 Å². The predicted molar refractivity (Wildman–Crippen MR) is 106 cm³/mol. The zero-order chi connectivity index (χ0) is 20.4. The zero-order valence-electron chi connectivity index (χ0n) is 16.1. The molecule has 0 radical (unpaired) electrons. The number of hydrogen-bond donors (Lipinski definition) is 1. The fourth-order valence-electron chi connectivity index (χ4n) is 2.33. The summed E-state index contributed by atoms with van der Waals surface area (Å²) in [4.78, 5) is 23.6. The van der Waals surface area contributed by atoms with Gasteiger partial charge < -0.3 is 24.3 Å². The van der Waals surface area contributed by atoms with E-state index < -0.39 is 5.97 Å². The van der Waals surface area contributed by atoms with Crippen LogP contribution in [0, 0.1) is 0 Å². The average Bonchev–Trinajstić information content (AvgIpc) is 2.71. The van der Waals surface area contributed by atoms with E-state index in [-0.39, 0.29) is 12.5 Å². The van der Waals surface area contributed by atoms with Gasteiger partial charge >= 0.3 is 5.97 Å². The third kappa shape index (κ3) is 6.35. The summed E-state index contributed by atoms with van der Waals surface area (Å²) < 4.78 is 20.6. The van der Waals surface area contributed by atoms with E-state index in [4.69, 9.17) is 18.9 Å². The molecule has 0 aliphatic rings. The quantitative estimate of drug-likeness (QED) is 0.527. The summed E-state index contributed by atoms with van der Waals surface area (Å²) >= 11 is 0. The second-order valence-corrected chi connectivity index (χ2v) is 5.55. The van der Waals surface area contributed by atoms with E-state index in [2.05, 4.69) is 5.32 Å². The SMILES string of the molecule is CCOC(=O)COc1cccc(NC(=O)/C=C/c2cc(OC)ccc2OC)c1. The molecule has 7 nitrogen and oxygen atoms in total. The number of benzene rings is 2. The van der Waals surface area contributed by atoms with Crippen LogP contribution in [0.3, 0.4) is 0 Å². The van der Waals surface area contributed by atoms with E-state index in [0.717, 1.165) is 0 Å². The van der Waals surface area contributed by atoms with Gasteiger partial charge in [-0.15, -0.1) is 0 Å². The Bertz CT molecular complexity index is 847. The molecule has 7 heteroatoms. The number of esters is 1. The lowest BCUT2D eigenvalue weighted by atomic mass is 10.1. The van der Waals surface area contributed by atoms with Gasteiger partial charge in [0.2, 0.25) is 5.91 Å². The van der Waals surface area contributed by atoms with Crippen molar-refractivity contribution in [1.82, 2.24) is 0 Å². The number of ether oxygens (including phenoxy) is 4. The van der Waals surface area contributed by atoms with Gasteiger partial charge in [0.05, 0.1) is 20.8 Å². The van der Waals surface area contributed by atoms with Crippen LogP contribution in [-0.2, 0) is 14.3 Å². The standard InChI is InChI=1S/C21H23NO6/c1-4-27-21(24)14-28-18-7-5-6-16(13-18)22-20(23)11-8-15-12-17(25-2)9-10-19(15)26-3/h5-13H,4,14H2,1-3H3,(H,22,23)/b11-8+. The van der Waals surface area contributed by atoms with Gasteiger partial charge in [0.25, 0.3) is 0 Å². The minimum atomic E-state index is -0.452. The minimum Gasteiger partial charge on any atom is -0.497 e. The fraction of sp³-hybridized carbons (Fsp3) is 0.238. The Balaban J connectivity index is 2.00.